The van der Waals surface area contributed by atoms with Crippen molar-refractivity contribution < 1.29 is 14.3 Å². The van der Waals surface area contributed by atoms with Crippen LogP contribution in [-0.4, -0.2) is 18.5 Å². The first-order valence-corrected chi connectivity index (χ1v) is 8.35. The van der Waals surface area contributed by atoms with Crippen LogP contribution in [-0.2, 0) is 0 Å². The van der Waals surface area contributed by atoms with E-state index in [0.29, 0.717) is 22.1 Å². The highest BCUT2D eigenvalue weighted by Gasteiger charge is 2.27. The van der Waals surface area contributed by atoms with E-state index in [1.165, 1.54) is 6.08 Å². The largest absolute Gasteiger partial charge is 0.496 e. The van der Waals surface area contributed by atoms with Gasteiger partial charge in [-0.1, -0.05) is 29.8 Å². The van der Waals surface area contributed by atoms with Crippen molar-refractivity contribution in [3.8, 4) is 11.5 Å². The van der Waals surface area contributed by atoms with Crippen LogP contribution in [0.2, 0.25) is 5.02 Å². The summed E-state index contributed by atoms with van der Waals surface area (Å²) in [7, 11) is 1.60. The van der Waals surface area contributed by atoms with Gasteiger partial charge in [0.05, 0.1) is 18.2 Å². The van der Waals surface area contributed by atoms with E-state index in [4.69, 9.17) is 21.1 Å². The van der Waals surface area contributed by atoms with Gasteiger partial charge < -0.3 is 9.47 Å². The summed E-state index contributed by atoms with van der Waals surface area (Å²) in [5.41, 5.74) is 1.58. The second kappa shape index (κ2) is 6.77. The van der Waals surface area contributed by atoms with Crippen molar-refractivity contribution in [2.75, 3.05) is 7.11 Å². The normalized spacial score (nSPS) is 14.9. The third-order valence-electron chi connectivity index (χ3n) is 3.98. The number of carbonyl (C=O) groups is 1. The molecule has 3 nitrogen and oxygen atoms in total. The molecule has 1 aliphatic heterocycles. The lowest BCUT2D eigenvalue weighted by Crippen LogP contribution is -2.28. The lowest BCUT2D eigenvalue weighted by atomic mass is 9.97. The number of benzene rings is 2. The molecule has 0 amide bonds. The van der Waals surface area contributed by atoms with E-state index in [2.05, 4.69) is 0 Å². The van der Waals surface area contributed by atoms with E-state index in [9.17, 15) is 4.79 Å². The number of ether oxygens (including phenoxy) is 2. The van der Waals surface area contributed by atoms with Crippen LogP contribution in [0.1, 0.15) is 35.3 Å². The third kappa shape index (κ3) is 3.62. The molecule has 0 aromatic heterocycles. The highest BCUT2D eigenvalue weighted by atomic mass is 35.5. The van der Waals surface area contributed by atoms with Gasteiger partial charge in [0, 0.05) is 5.02 Å². The maximum absolute atomic E-state index is 12.7. The lowest BCUT2D eigenvalue weighted by Gasteiger charge is -2.29. The monoisotopic (exact) mass is 354 g/mol. The number of methoxy groups -OCH3 is 1. The van der Waals surface area contributed by atoms with Gasteiger partial charge in [0.25, 0.3) is 0 Å². The zero-order valence-corrected chi connectivity index (χ0v) is 15.1. The van der Waals surface area contributed by atoms with E-state index in [0.717, 1.165) is 11.1 Å². The first-order chi connectivity index (χ1) is 11.9. The number of hydrogen-bond donors (Lipinski definition) is 0. The van der Waals surface area contributed by atoms with Crippen molar-refractivity contribution >= 4 is 29.5 Å². The summed E-state index contributed by atoms with van der Waals surface area (Å²) in [6.45, 7) is 3.89. The quantitative estimate of drug-likeness (QED) is 0.542. The number of rotatable bonds is 4. The van der Waals surface area contributed by atoms with Crippen LogP contribution in [0.4, 0.5) is 0 Å². The summed E-state index contributed by atoms with van der Waals surface area (Å²) < 4.78 is 11.4. The number of halogens is 1. The predicted molar refractivity (Wildman–Crippen MR) is 102 cm³/mol. The van der Waals surface area contributed by atoms with Crippen LogP contribution < -0.4 is 9.47 Å². The number of carbonyl (C=O) groups excluding carboxylic acids is 1. The van der Waals surface area contributed by atoms with E-state index >= 15 is 0 Å². The second-order valence-corrected chi connectivity index (χ2v) is 6.72. The zero-order valence-electron chi connectivity index (χ0n) is 14.4. The first kappa shape index (κ1) is 17.3. The molecule has 2 aromatic rings. The minimum atomic E-state index is -0.485. The summed E-state index contributed by atoms with van der Waals surface area (Å²) in [4.78, 5) is 12.7. The molecule has 1 aliphatic rings. The molecule has 0 N–H and O–H groups in total. The van der Waals surface area contributed by atoms with Gasteiger partial charge in [0.15, 0.2) is 5.78 Å². The van der Waals surface area contributed by atoms with Crippen molar-refractivity contribution in [1.29, 1.82) is 0 Å². The predicted octanol–water partition coefficient (Wildman–Crippen LogP) is 5.43. The van der Waals surface area contributed by atoms with Crippen LogP contribution in [0.15, 0.2) is 48.6 Å². The smallest absolute Gasteiger partial charge is 0.189 e. The molecule has 128 valence electrons. The summed E-state index contributed by atoms with van der Waals surface area (Å²) in [5, 5.41) is 0.601. The Balaban J connectivity index is 1.99. The second-order valence-electron chi connectivity index (χ2n) is 6.32. The topological polar surface area (TPSA) is 35.5 Å². The fourth-order valence-corrected chi connectivity index (χ4v) is 2.87. The third-order valence-corrected chi connectivity index (χ3v) is 4.32. The number of hydrogen-bond acceptors (Lipinski definition) is 3. The number of ketones is 1. The number of allylic oxidation sites excluding steroid dienone is 1. The van der Waals surface area contributed by atoms with Crippen LogP contribution in [0.5, 0.6) is 11.5 Å². The summed E-state index contributed by atoms with van der Waals surface area (Å²) in [5.74, 6) is 1.07. The minimum absolute atomic E-state index is 0.148. The van der Waals surface area contributed by atoms with Crippen molar-refractivity contribution in [1.82, 2.24) is 0 Å². The maximum Gasteiger partial charge on any atom is 0.189 e. The molecule has 3 rings (SSSR count). The molecule has 0 aliphatic carbocycles. The van der Waals surface area contributed by atoms with Crippen molar-refractivity contribution in [2.24, 2.45) is 0 Å². The fourth-order valence-electron chi connectivity index (χ4n) is 2.67. The van der Waals surface area contributed by atoms with Gasteiger partial charge in [-0.05, 0) is 61.9 Å². The Labute approximate surface area is 152 Å². The van der Waals surface area contributed by atoms with Crippen LogP contribution >= 0.6 is 11.6 Å². The first-order valence-electron chi connectivity index (χ1n) is 7.97. The highest BCUT2D eigenvalue weighted by Crippen LogP contribution is 2.39. The van der Waals surface area contributed by atoms with Gasteiger partial charge in [0.2, 0.25) is 0 Å². The van der Waals surface area contributed by atoms with Crippen LogP contribution in [0.25, 0.3) is 12.2 Å². The fraction of sp³-hybridized carbons (Fsp3) is 0.190. The van der Waals surface area contributed by atoms with E-state index in [1.54, 1.807) is 31.4 Å². The Kier molecular flexibility index (Phi) is 4.69. The zero-order chi connectivity index (χ0) is 18.0. The van der Waals surface area contributed by atoms with Gasteiger partial charge in [-0.2, -0.15) is 0 Å². The molecule has 0 atom stereocenters. The number of fused-ring (bicyclic) bond motifs is 1. The molecule has 0 fully saturated rings. The standard InChI is InChI=1S/C21H19ClO3/c1-21(2)13-12-16-19(24-3)11-9-15(20(16)25-21)18(23)10-8-14-6-4-5-7-17(14)22/h4-13H,1-3H3/b10-8+. The van der Waals surface area contributed by atoms with Crippen molar-refractivity contribution in [3.63, 3.8) is 0 Å². The van der Waals surface area contributed by atoms with Crippen molar-refractivity contribution in [2.45, 2.75) is 19.4 Å². The molecular formula is C21H19ClO3. The van der Waals surface area contributed by atoms with Crippen LogP contribution in [0, 0.1) is 0 Å². The molecule has 25 heavy (non-hydrogen) atoms. The summed E-state index contributed by atoms with van der Waals surface area (Å²) in [6.07, 6.45) is 7.11. The Hall–Kier alpha value is -2.52. The molecule has 0 bridgehead atoms. The van der Waals surface area contributed by atoms with Gasteiger partial charge >= 0.3 is 0 Å². The molecule has 0 unspecified atom stereocenters. The van der Waals surface area contributed by atoms with Gasteiger partial charge in [0.1, 0.15) is 17.1 Å². The molecule has 4 heteroatoms. The SMILES string of the molecule is COc1ccc(C(=O)/C=C/c2ccccc2Cl)c2c1C=CC(C)(C)O2. The molecule has 1 heterocycles. The average Bonchev–Trinajstić information content (AvgIpc) is 2.59. The molecule has 0 radical (unpaired) electrons. The lowest BCUT2D eigenvalue weighted by molar-refractivity contribution is 0.103. The van der Waals surface area contributed by atoms with E-state index in [1.807, 2.05) is 44.2 Å². The summed E-state index contributed by atoms with van der Waals surface area (Å²) >= 11 is 6.13. The van der Waals surface area contributed by atoms with Gasteiger partial charge in [-0.25, -0.2) is 0 Å². The van der Waals surface area contributed by atoms with Gasteiger partial charge in [-0.3, -0.25) is 4.79 Å². The van der Waals surface area contributed by atoms with Crippen LogP contribution in [0.3, 0.4) is 0 Å². The Morgan fingerprint density at radius 2 is 1.96 bits per heavy atom. The Morgan fingerprint density at radius 1 is 1.20 bits per heavy atom. The maximum atomic E-state index is 12.7. The molecule has 0 saturated heterocycles. The molecule has 0 spiro atoms. The van der Waals surface area contributed by atoms with Crippen molar-refractivity contribution in [3.05, 3.63) is 70.3 Å². The van der Waals surface area contributed by atoms with E-state index in [-0.39, 0.29) is 5.78 Å². The van der Waals surface area contributed by atoms with Gasteiger partial charge in [-0.15, -0.1) is 0 Å². The Morgan fingerprint density at radius 3 is 2.68 bits per heavy atom. The average molecular weight is 355 g/mol. The molecule has 0 saturated carbocycles. The summed E-state index contributed by atoms with van der Waals surface area (Å²) in [6, 6.07) is 10.9. The molecular weight excluding hydrogens is 336 g/mol. The van der Waals surface area contributed by atoms with E-state index < -0.39 is 5.60 Å². The molecule has 2 aromatic carbocycles. The Bertz CT molecular complexity index is 879. The highest BCUT2D eigenvalue weighted by molar-refractivity contribution is 6.32. The minimum Gasteiger partial charge on any atom is -0.496 e.